The van der Waals surface area contributed by atoms with Crippen molar-refractivity contribution < 1.29 is 19.4 Å². The maximum Gasteiger partial charge on any atom is 0.308 e. The number of hydrogen-bond acceptors (Lipinski definition) is 3. The largest absolute Gasteiger partial charge is 0.484 e. The number of amides is 1. The van der Waals surface area contributed by atoms with Gasteiger partial charge in [0.05, 0.1) is 5.92 Å². The second-order valence-electron chi connectivity index (χ2n) is 5.26. The van der Waals surface area contributed by atoms with E-state index >= 15 is 0 Å². The molecule has 0 spiro atoms. The number of hydrogen-bond donors (Lipinski definition) is 1. The van der Waals surface area contributed by atoms with Gasteiger partial charge in [-0.15, -0.1) is 0 Å². The molecule has 0 bridgehead atoms. The van der Waals surface area contributed by atoms with Gasteiger partial charge in [-0.1, -0.05) is 22.9 Å². The highest BCUT2D eigenvalue weighted by Crippen LogP contribution is 2.28. The molecule has 0 heterocycles. The van der Waals surface area contributed by atoms with Crippen molar-refractivity contribution in [2.75, 3.05) is 13.2 Å². The zero-order valence-corrected chi connectivity index (χ0v) is 13.4. The standard InChI is InChI=1S/C15H18BrNO4/c1-10(15(19)20)8-17(12-4-5-12)14(18)9-21-13-6-2-11(16)3-7-13/h2-3,6-7,10,12H,4-5,8-9H2,1H3,(H,19,20). The summed E-state index contributed by atoms with van der Waals surface area (Å²) < 4.78 is 6.41. The minimum Gasteiger partial charge on any atom is -0.484 e. The van der Waals surface area contributed by atoms with Gasteiger partial charge in [0.1, 0.15) is 5.75 Å². The van der Waals surface area contributed by atoms with Crippen molar-refractivity contribution in [2.45, 2.75) is 25.8 Å². The van der Waals surface area contributed by atoms with Gasteiger partial charge in [0.25, 0.3) is 5.91 Å². The molecule has 1 atom stereocenters. The average Bonchev–Trinajstić information content (AvgIpc) is 3.28. The van der Waals surface area contributed by atoms with Crippen molar-refractivity contribution in [3.63, 3.8) is 0 Å². The van der Waals surface area contributed by atoms with E-state index in [-0.39, 0.29) is 25.1 Å². The van der Waals surface area contributed by atoms with Crippen molar-refractivity contribution in [1.29, 1.82) is 0 Å². The molecule has 1 unspecified atom stereocenters. The summed E-state index contributed by atoms with van der Waals surface area (Å²) in [5.74, 6) is -0.994. The Kier molecular flexibility index (Phi) is 5.22. The Bertz CT molecular complexity index is 513. The van der Waals surface area contributed by atoms with Gasteiger partial charge in [-0.05, 0) is 37.1 Å². The van der Waals surface area contributed by atoms with Crippen molar-refractivity contribution in [3.05, 3.63) is 28.7 Å². The molecule has 1 amide bonds. The van der Waals surface area contributed by atoms with Gasteiger partial charge >= 0.3 is 5.97 Å². The summed E-state index contributed by atoms with van der Waals surface area (Å²) in [6.07, 6.45) is 1.88. The van der Waals surface area contributed by atoms with Crippen molar-refractivity contribution in [3.8, 4) is 5.75 Å². The molecular formula is C15H18BrNO4. The zero-order chi connectivity index (χ0) is 15.4. The zero-order valence-electron chi connectivity index (χ0n) is 11.8. The van der Waals surface area contributed by atoms with Crippen LogP contribution in [0.25, 0.3) is 0 Å². The summed E-state index contributed by atoms with van der Waals surface area (Å²) >= 11 is 3.33. The Balaban J connectivity index is 1.89. The van der Waals surface area contributed by atoms with Crippen molar-refractivity contribution in [1.82, 2.24) is 4.90 Å². The van der Waals surface area contributed by atoms with Crippen LogP contribution in [0.1, 0.15) is 19.8 Å². The minimum atomic E-state index is -0.887. The van der Waals surface area contributed by atoms with Gasteiger partial charge in [-0.3, -0.25) is 9.59 Å². The highest BCUT2D eigenvalue weighted by molar-refractivity contribution is 9.10. The molecule has 1 N–H and O–H groups in total. The highest BCUT2D eigenvalue weighted by atomic mass is 79.9. The molecule has 2 rings (SSSR count). The number of carboxylic acid groups (broad SMARTS) is 1. The second-order valence-corrected chi connectivity index (χ2v) is 6.17. The molecule has 1 aromatic rings. The fourth-order valence-corrected chi connectivity index (χ4v) is 2.24. The molecule has 6 heteroatoms. The first-order valence-corrected chi connectivity index (χ1v) is 7.67. The van der Waals surface area contributed by atoms with E-state index in [2.05, 4.69) is 15.9 Å². The van der Waals surface area contributed by atoms with Crippen LogP contribution in [0.4, 0.5) is 0 Å². The van der Waals surface area contributed by atoms with Crippen LogP contribution < -0.4 is 4.74 Å². The number of rotatable bonds is 7. The maximum atomic E-state index is 12.2. The lowest BCUT2D eigenvalue weighted by Crippen LogP contribution is -2.41. The number of carboxylic acids is 1. The molecule has 0 radical (unpaired) electrons. The summed E-state index contributed by atoms with van der Waals surface area (Å²) in [4.78, 5) is 24.8. The summed E-state index contributed by atoms with van der Waals surface area (Å²) in [6.45, 7) is 1.79. The van der Waals surface area contributed by atoms with E-state index in [1.807, 2.05) is 12.1 Å². The monoisotopic (exact) mass is 355 g/mol. The number of aliphatic carboxylic acids is 1. The summed E-state index contributed by atoms with van der Waals surface area (Å²) in [5.41, 5.74) is 0. The highest BCUT2D eigenvalue weighted by Gasteiger charge is 2.34. The number of carbonyl (C=O) groups excluding carboxylic acids is 1. The third-order valence-electron chi connectivity index (χ3n) is 3.38. The third kappa shape index (κ3) is 4.74. The van der Waals surface area contributed by atoms with E-state index in [9.17, 15) is 9.59 Å². The lowest BCUT2D eigenvalue weighted by molar-refractivity contribution is -0.143. The Morgan fingerprint density at radius 1 is 1.38 bits per heavy atom. The Morgan fingerprint density at radius 2 is 2.00 bits per heavy atom. The first-order chi connectivity index (χ1) is 9.97. The smallest absolute Gasteiger partial charge is 0.308 e. The predicted octanol–water partition coefficient (Wildman–Crippen LogP) is 2.54. The van der Waals surface area contributed by atoms with E-state index in [0.717, 1.165) is 17.3 Å². The van der Waals surface area contributed by atoms with Gasteiger partial charge in [0.2, 0.25) is 0 Å². The van der Waals surface area contributed by atoms with Crippen LogP contribution in [-0.4, -0.2) is 41.1 Å². The molecule has 5 nitrogen and oxygen atoms in total. The van der Waals surface area contributed by atoms with Crippen molar-refractivity contribution >= 4 is 27.8 Å². The third-order valence-corrected chi connectivity index (χ3v) is 3.90. The van der Waals surface area contributed by atoms with E-state index in [1.54, 1.807) is 24.0 Å². The molecule has 1 aromatic carbocycles. The molecule has 1 saturated carbocycles. The first-order valence-electron chi connectivity index (χ1n) is 6.88. The number of carbonyl (C=O) groups is 2. The predicted molar refractivity (Wildman–Crippen MR) is 81.2 cm³/mol. The molecule has 1 fully saturated rings. The quantitative estimate of drug-likeness (QED) is 0.815. The Morgan fingerprint density at radius 3 is 2.52 bits per heavy atom. The van der Waals surface area contributed by atoms with Gasteiger partial charge in [-0.25, -0.2) is 0 Å². The normalized spacial score (nSPS) is 15.3. The molecule has 1 aliphatic rings. The van der Waals surface area contributed by atoms with E-state index in [4.69, 9.17) is 9.84 Å². The minimum absolute atomic E-state index is 0.0650. The van der Waals surface area contributed by atoms with E-state index in [1.165, 1.54) is 0 Å². The molecule has 114 valence electrons. The molecule has 0 aliphatic heterocycles. The van der Waals surface area contributed by atoms with E-state index in [0.29, 0.717) is 5.75 Å². The Hall–Kier alpha value is -1.56. The molecular weight excluding hydrogens is 338 g/mol. The number of halogens is 1. The fourth-order valence-electron chi connectivity index (χ4n) is 1.97. The van der Waals surface area contributed by atoms with Crippen LogP contribution in [0.5, 0.6) is 5.75 Å². The van der Waals surface area contributed by atoms with Gasteiger partial charge in [0.15, 0.2) is 6.61 Å². The van der Waals surface area contributed by atoms with Crippen LogP contribution in [0.3, 0.4) is 0 Å². The lowest BCUT2D eigenvalue weighted by atomic mass is 10.1. The van der Waals surface area contributed by atoms with Crippen LogP contribution in [0.15, 0.2) is 28.7 Å². The number of ether oxygens (including phenoxy) is 1. The van der Waals surface area contributed by atoms with Crippen LogP contribution in [0, 0.1) is 5.92 Å². The van der Waals surface area contributed by atoms with Crippen LogP contribution >= 0.6 is 15.9 Å². The van der Waals surface area contributed by atoms with Gasteiger partial charge in [-0.2, -0.15) is 0 Å². The number of benzene rings is 1. The van der Waals surface area contributed by atoms with Crippen LogP contribution in [-0.2, 0) is 9.59 Å². The van der Waals surface area contributed by atoms with E-state index < -0.39 is 11.9 Å². The Labute approximate surface area is 132 Å². The SMILES string of the molecule is CC(CN(C(=O)COc1ccc(Br)cc1)C1CC1)C(=O)O. The van der Waals surface area contributed by atoms with Crippen molar-refractivity contribution in [2.24, 2.45) is 5.92 Å². The lowest BCUT2D eigenvalue weighted by Gasteiger charge is -2.24. The topological polar surface area (TPSA) is 66.8 Å². The molecule has 1 aliphatic carbocycles. The van der Waals surface area contributed by atoms with Gasteiger partial charge < -0.3 is 14.7 Å². The van der Waals surface area contributed by atoms with Gasteiger partial charge in [0, 0.05) is 17.1 Å². The number of nitrogens with zero attached hydrogens (tertiary/aromatic N) is 1. The molecule has 0 aromatic heterocycles. The fraction of sp³-hybridized carbons (Fsp3) is 0.467. The summed E-state index contributed by atoms with van der Waals surface area (Å²) in [5, 5.41) is 8.98. The molecule has 0 saturated heterocycles. The summed E-state index contributed by atoms with van der Waals surface area (Å²) in [7, 11) is 0. The maximum absolute atomic E-state index is 12.2. The first kappa shape index (κ1) is 15.8. The van der Waals surface area contributed by atoms with Crippen LogP contribution in [0.2, 0.25) is 0 Å². The molecule has 21 heavy (non-hydrogen) atoms. The average molecular weight is 356 g/mol. The summed E-state index contributed by atoms with van der Waals surface area (Å²) in [6, 6.07) is 7.40. The second kappa shape index (κ2) is 6.93.